The third kappa shape index (κ3) is 4.87. The Hall–Kier alpha value is -5.40. The molecule has 11 rings (SSSR count). The van der Waals surface area contributed by atoms with Crippen LogP contribution in [-0.2, 0) is 32.6 Å². The first-order valence-electron chi connectivity index (χ1n) is 19.0. The first-order valence-corrected chi connectivity index (χ1v) is 20.1. The number of esters is 1. The van der Waals surface area contributed by atoms with Crippen LogP contribution >= 0.6 is 11.8 Å². The van der Waals surface area contributed by atoms with Gasteiger partial charge in [-0.3, -0.25) is 15.1 Å². The molecule has 0 radical (unpaired) electrons. The average molecular weight is 792 g/mol. The zero-order valence-corrected chi connectivity index (χ0v) is 32.7. The van der Waals surface area contributed by atoms with E-state index in [1.807, 2.05) is 38.2 Å². The number of H-pyrrole nitrogens is 1. The number of aryl methyl sites for hydroxylation is 1. The molecule has 2 saturated heterocycles. The van der Waals surface area contributed by atoms with E-state index >= 15 is 0 Å². The second-order valence-electron chi connectivity index (χ2n) is 15.5. The molecular weight excluding hydrogens is 751 g/mol. The highest BCUT2D eigenvalue weighted by atomic mass is 32.2. The van der Waals surface area contributed by atoms with Crippen molar-refractivity contribution in [2.45, 2.75) is 67.7 Å². The number of phenols is 1. The van der Waals surface area contributed by atoms with Crippen molar-refractivity contribution < 1.29 is 43.1 Å². The number of thioether (sulfide) groups is 1. The van der Waals surface area contributed by atoms with Gasteiger partial charge in [0.2, 0.25) is 6.79 Å². The first-order chi connectivity index (χ1) is 27.6. The Bertz CT molecular complexity index is 2460. The van der Waals surface area contributed by atoms with Gasteiger partial charge < -0.3 is 38.5 Å². The molecule has 7 aliphatic heterocycles. The van der Waals surface area contributed by atoms with Crippen LogP contribution in [0.2, 0.25) is 0 Å². The molecule has 3 N–H and O–H groups in total. The number of methoxy groups -OCH3 is 1. The van der Waals surface area contributed by atoms with Gasteiger partial charge in [-0.1, -0.05) is 30.8 Å². The summed E-state index contributed by atoms with van der Waals surface area (Å²) in [6.07, 6.45) is 1.21. The molecule has 294 valence electrons. The van der Waals surface area contributed by atoms with Gasteiger partial charge in [0, 0.05) is 57.5 Å². The maximum absolute atomic E-state index is 14.8. The zero-order chi connectivity index (χ0) is 39.5. The number of hydrogen-bond donors (Lipinski definition) is 3. The monoisotopic (exact) mass is 791 g/mol. The second-order valence-corrected chi connectivity index (χ2v) is 16.6. The highest BCUT2D eigenvalue weighted by Gasteiger charge is 2.62. The van der Waals surface area contributed by atoms with Gasteiger partial charge in [0.15, 0.2) is 28.5 Å². The lowest BCUT2D eigenvalue weighted by Gasteiger charge is -2.62. The molecule has 7 atom stereocenters. The minimum absolute atomic E-state index is 0.0420. The first kappa shape index (κ1) is 36.0. The van der Waals surface area contributed by atoms with Crippen molar-refractivity contribution in [3.05, 3.63) is 87.8 Å². The second kappa shape index (κ2) is 13.1. The van der Waals surface area contributed by atoms with Gasteiger partial charge in [-0.05, 0) is 56.5 Å². The van der Waals surface area contributed by atoms with Gasteiger partial charge >= 0.3 is 12.1 Å². The Morgan fingerprint density at radius 3 is 2.75 bits per heavy atom. The number of aromatic hydroxyl groups is 1. The van der Waals surface area contributed by atoms with E-state index in [0.29, 0.717) is 52.5 Å². The van der Waals surface area contributed by atoms with E-state index in [1.165, 1.54) is 18.9 Å². The van der Waals surface area contributed by atoms with Crippen LogP contribution < -0.4 is 24.3 Å². The lowest BCUT2D eigenvalue weighted by Crippen LogP contribution is -2.69. The number of aromatic amines is 1. The molecule has 4 aromatic rings. The molecule has 15 heteroatoms. The number of para-hydroxylation sites is 1. The number of benzene rings is 3. The highest BCUT2D eigenvalue weighted by Crippen LogP contribution is 2.64. The number of carbonyl (C=O) groups excluding carboxylic acids is 2. The summed E-state index contributed by atoms with van der Waals surface area (Å²) in [5, 5.41) is 27.6. The topological polar surface area (TPSA) is 168 Å². The summed E-state index contributed by atoms with van der Waals surface area (Å²) < 4.78 is 35.6. The largest absolute Gasteiger partial charge is 0.518 e. The smallest absolute Gasteiger partial charge is 0.507 e. The molecule has 3 aromatic carbocycles. The number of fused-ring (bicyclic) bond motifs is 11. The number of rotatable bonds is 3. The van der Waals surface area contributed by atoms with Crippen LogP contribution in [0, 0.1) is 25.2 Å². The average Bonchev–Trinajstić information content (AvgIpc) is 3.85. The Balaban J connectivity index is 1.23. The van der Waals surface area contributed by atoms with Crippen LogP contribution in [-0.4, -0.2) is 90.0 Å². The van der Waals surface area contributed by atoms with Gasteiger partial charge in [-0.25, -0.2) is 9.59 Å². The Kier molecular flexibility index (Phi) is 8.25. The molecule has 0 saturated carbocycles. The summed E-state index contributed by atoms with van der Waals surface area (Å²) >= 11 is 1.52. The Morgan fingerprint density at radius 2 is 1.96 bits per heavy atom. The van der Waals surface area contributed by atoms with Crippen molar-refractivity contribution in [2.75, 3.05) is 39.9 Å². The summed E-state index contributed by atoms with van der Waals surface area (Å²) in [5.41, 5.74) is 5.69. The van der Waals surface area contributed by atoms with Gasteiger partial charge in [-0.15, -0.1) is 11.8 Å². The number of hydrogen-bond acceptors (Lipinski definition) is 14. The molecule has 0 amide bonds. The molecule has 57 heavy (non-hydrogen) atoms. The summed E-state index contributed by atoms with van der Waals surface area (Å²) in [4.78, 5) is 35.8. The fourth-order valence-electron chi connectivity index (χ4n) is 10.6. The molecular formula is C42H41N5O9S. The van der Waals surface area contributed by atoms with Crippen molar-refractivity contribution in [2.24, 2.45) is 0 Å². The number of phenolic OH excluding ortho intramolecular Hbond substituents is 1. The number of ether oxygens (including phenoxy) is 6. The predicted molar refractivity (Wildman–Crippen MR) is 208 cm³/mol. The number of piperazine rings is 1. The van der Waals surface area contributed by atoms with Gasteiger partial charge in [0.1, 0.15) is 18.4 Å². The molecule has 14 nitrogen and oxygen atoms in total. The van der Waals surface area contributed by atoms with Crippen molar-refractivity contribution in [1.29, 1.82) is 5.26 Å². The van der Waals surface area contributed by atoms with Crippen LogP contribution in [0.15, 0.2) is 43.2 Å². The molecule has 0 aliphatic carbocycles. The fraction of sp³-hybridized carbons (Fsp3) is 0.405. The molecule has 1 aromatic heterocycles. The minimum Gasteiger partial charge on any atom is -0.507 e. The lowest BCUT2D eigenvalue weighted by atomic mass is 9.71. The fourth-order valence-corrected chi connectivity index (χ4v) is 12.3. The lowest BCUT2D eigenvalue weighted by molar-refractivity contribution is -0.157. The van der Waals surface area contributed by atoms with E-state index in [4.69, 9.17) is 28.4 Å². The molecule has 1 spiro atoms. The Morgan fingerprint density at radius 1 is 1.16 bits per heavy atom. The van der Waals surface area contributed by atoms with Crippen LogP contribution in [0.5, 0.6) is 28.7 Å². The van der Waals surface area contributed by atoms with Crippen molar-refractivity contribution in [3.63, 3.8) is 0 Å². The van der Waals surface area contributed by atoms with E-state index in [1.54, 1.807) is 6.92 Å². The maximum Gasteiger partial charge on any atom is 0.518 e. The quantitative estimate of drug-likeness (QED) is 0.135. The molecule has 7 aliphatic rings. The maximum atomic E-state index is 14.8. The molecule has 4 bridgehead atoms. The number of nitrogens with one attached hydrogen (secondary N) is 2. The molecule has 2 fully saturated rings. The number of nitriles is 1. The van der Waals surface area contributed by atoms with Crippen LogP contribution in [0.25, 0.3) is 10.9 Å². The summed E-state index contributed by atoms with van der Waals surface area (Å²) in [6.45, 7) is 7.58. The normalized spacial score (nSPS) is 28.4. The summed E-state index contributed by atoms with van der Waals surface area (Å²) in [6, 6.07) is 9.93. The third-order valence-electron chi connectivity index (χ3n) is 12.9. The van der Waals surface area contributed by atoms with Crippen LogP contribution in [0.1, 0.15) is 62.0 Å². The van der Waals surface area contributed by atoms with E-state index in [-0.39, 0.29) is 36.7 Å². The van der Waals surface area contributed by atoms with Gasteiger partial charge in [-0.2, -0.15) is 5.26 Å². The number of nitrogens with zero attached hydrogens (tertiary/aromatic N) is 3. The third-order valence-corrected chi connectivity index (χ3v) is 14.4. The number of aromatic nitrogens is 1. The minimum atomic E-state index is -1.26. The van der Waals surface area contributed by atoms with Crippen LogP contribution in [0.3, 0.4) is 0 Å². The predicted octanol–water partition coefficient (Wildman–Crippen LogP) is 5.49. The summed E-state index contributed by atoms with van der Waals surface area (Å²) in [7, 11) is 3.51. The number of likely N-dealkylation sites (N-methyl/N-ethyl adjacent to an activating group) is 1. The number of carbonyl (C=O) groups is 2. The van der Waals surface area contributed by atoms with E-state index in [9.17, 15) is 20.0 Å². The van der Waals surface area contributed by atoms with Crippen molar-refractivity contribution >= 4 is 34.8 Å². The van der Waals surface area contributed by atoms with Gasteiger partial charge in [0.05, 0.1) is 42.5 Å². The van der Waals surface area contributed by atoms with Crippen molar-refractivity contribution in [1.82, 2.24) is 20.1 Å². The van der Waals surface area contributed by atoms with Crippen LogP contribution in [0.4, 0.5) is 4.79 Å². The highest BCUT2D eigenvalue weighted by molar-refractivity contribution is 7.99. The standard InChI is InChI=1S/C42H41N5O9S/c1-6-52-41(50)56-37-28-21(13-19(2)34(37)51-5)14-25-26(15-43)47-27-16-53-40(49)42(39-23(11-12-44-42)22-9-7-8-10-24(22)45-39)17-57-38(32(47)31(28)46(25)4)30-29(27)36-35(54-18-55-36)20(3)33(30)48/h6-10,13,25-27,31-32,38,44-45,48H,1,11-12,14,16-18H2,2-5H3/t25-,26-,27-,31+,32?,38+,42+/m0/s1. The zero-order valence-electron chi connectivity index (χ0n) is 31.8. The Labute approximate surface area is 332 Å². The van der Waals surface area contributed by atoms with E-state index in [2.05, 4.69) is 38.8 Å². The molecule has 8 heterocycles. The SMILES string of the molecule is C=COC(=O)Oc1c(OC)c(C)cc2c1[C@@H]1C3[C@@H]4SC[C@]5(NCCc6c5[nH]c5ccccc65)C(=O)OC[C@@H](c5c6c(c(C)c(O)c54)OCO6)N3[C@@H](C#N)[C@H](C2)N1C. The summed E-state index contributed by atoms with van der Waals surface area (Å²) in [5.74, 6) is 1.35. The van der Waals surface area contributed by atoms with E-state index < -0.39 is 47.1 Å². The van der Waals surface area contributed by atoms with E-state index in [0.717, 1.165) is 46.0 Å². The van der Waals surface area contributed by atoms with Gasteiger partial charge in [0.25, 0.3) is 0 Å². The van der Waals surface area contributed by atoms with Crippen molar-refractivity contribution in [3.8, 4) is 34.8 Å². The molecule has 1 unspecified atom stereocenters.